The van der Waals surface area contributed by atoms with Gasteiger partial charge in [-0.2, -0.15) is 13.2 Å². The van der Waals surface area contributed by atoms with Crippen LogP contribution in [0, 0.1) is 46.3 Å². The van der Waals surface area contributed by atoms with Crippen molar-refractivity contribution in [2.45, 2.75) is 128 Å². The van der Waals surface area contributed by atoms with Crippen molar-refractivity contribution in [1.29, 1.82) is 5.41 Å². The Morgan fingerprint density at radius 3 is 2.56 bits per heavy atom. The summed E-state index contributed by atoms with van der Waals surface area (Å²) in [5.74, 6) is -0.979. The number of carbonyl (C=O) groups is 1. The second kappa shape index (κ2) is 13.5. The molecule has 0 aromatic carbocycles. The fourth-order valence-corrected chi connectivity index (χ4v) is 9.48. The lowest BCUT2D eigenvalue weighted by molar-refractivity contribution is -0.188. The highest BCUT2D eigenvalue weighted by molar-refractivity contribution is 5.79. The minimum atomic E-state index is -4.35. The largest absolute Gasteiger partial charge is 0.404 e. The molecule has 1 saturated heterocycles. The van der Waals surface area contributed by atoms with E-state index in [1.807, 2.05) is 35.9 Å². The summed E-state index contributed by atoms with van der Waals surface area (Å²) in [6.07, 6.45) is 10.4. The van der Waals surface area contributed by atoms with Gasteiger partial charge in [-0.3, -0.25) is 10.2 Å². The fourth-order valence-electron chi connectivity index (χ4n) is 9.48. The maximum atomic E-state index is 14.7. The number of nitrogens with one attached hydrogen (secondary N) is 3. The fraction of sp³-hybridized carbons (Fsp3) is 0.778. The van der Waals surface area contributed by atoms with Gasteiger partial charge >= 0.3 is 6.18 Å². The lowest BCUT2D eigenvalue weighted by Crippen LogP contribution is -2.59. The van der Waals surface area contributed by atoms with E-state index >= 15 is 0 Å². The second-order valence-corrected chi connectivity index (χ2v) is 15.5. The molecule has 5 nitrogen and oxygen atoms in total. The Labute approximate surface area is 265 Å². The third kappa shape index (κ3) is 7.70. The summed E-state index contributed by atoms with van der Waals surface area (Å²) in [5, 5.41) is 14.8. The summed E-state index contributed by atoms with van der Waals surface area (Å²) in [6.45, 7) is 2.87. The quantitative estimate of drug-likeness (QED) is 0.216. The molecule has 1 aromatic rings. The first kappa shape index (κ1) is 32.8. The molecule has 5 aliphatic rings. The van der Waals surface area contributed by atoms with Gasteiger partial charge in [-0.15, -0.1) is 0 Å². The zero-order chi connectivity index (χ0) is 31.8. The van der Waals surface area contributed by atoms with Crippen LogP contribution >= 0.6 is 0 Å². The maximum absolute atomic E-state index is 14.7. The summed E-state index contributed by atoms with van der Waals surface area (Å²) < 4.78 is 60.1. The zero-order valence-electron chi connectivity index (χ0n) is 26.8. The summed E-state index contributed by atoms with van der Waals surface area (Å²) in [7, 11) is 0. The third-order valence-corrected chi connectivity index (χ3v) is 12.1. The molecule has 6 rings (SSSR count). The van der Waals surface area contributed by atoms with E-state index in [2.05, 4.69) is 10.6 Å². The molecule has 7 unspecified atom stereocenters. The number of pyridine rings is 1. The van der Waals surface area contributed by atoms with Gasteiger partial charge in [-0.1, -0.05) is 50.3 Å². The third-order valence-electron chi connectivity index (χ3n) is 12.1. The molecular formula is C36H52F4N4O. The molecule has 250 valence electrons. The van der Waals surface area contributed by atoms with E-state index in [0.717, 1.165) is 56.9 Å². The van der Waals surface area contributed by atoms with Gasteiger partial charge in [0.25, 0.3) is 0 Å². The van der Waals surface area contributed by atoms with E-state index in [0.29, 0.717) is 63.0 Å². The van der Waals surface area contributed by atoms with E-state index in [9.17, 15) is 22.4 Å². The molecule has 1 aliphatic heterocycles. The molecular weight excluding hydrogens is 580 g/mol. The lowest BCUT2D eigenvalue weighted by atomic mass is 9.61. The number of hydrogen-bond donors (Lipinski definition) is 3. The normalized spacial score (nSPS) is 34.9. The number of hydrogen-bond acceptors (Lipinski definition) is 3. The summed E-state index contributed by atoms with van der Waals surface area (Å²) in [6, 6.07) is 3.76. The van der Waals surface area contributed by atoms with Crippen molar-refractivity contribution in [1.82, 2.24) is 15.2 Å². The van der Waals surface area contributed by atoms with Gasteiger partial charge in [-0.25, -0.2) is 4.39 Å². The molecule has 1 amide bonds. The van der Waals surface area contributed by atoms with E-state index in [-0.39, 0.29) is 41.0 Å². The van der Waals surface area contributed by atoms with Crippen LogP contribution in [0.5, 0.6) is 0 Å². The molecule has 9 heteroatoms. The van der Waals surface area contributed by atoms with Gasteiger partial charge in [-0.05, 0) is 111 Å². The van der Waals surface area contributed by atoms with Crippen LogP contribution in [0.1, 0.15) is 96.8 Å². The van der Waals surface area contributed by atoms with Crippen molar-refractivity contribution in [2.24, 2.45) is 40.9 Å². The highest BCUT2D eigenvalue weighted by Crippen LogP contribution is 2.51. The number of alkyl halides is 4. The standard InChI is InChI=1S/C36H52F4N4O/c1-23-16-26(11-12-30(23)37)32(25-9-10-25)43-34(45)28-18-24(21-44-15-7-4-8-31(44)41)17-27(19-28)29-20-35(13-5-2-3-6-14-35)22-42-33(29)36(38,39)40/h4,7-8,11,15,23-25,27-30,32-33,41-42H,2-3,5-6,9-10,12-14,16-22H2,1H3,(H,43,45)/t23?,24?,27?,28?,29?,30?,32-,33?/m0/s1. The van der Waals surface area contributed by atoms with E-state index in [4.69, 9.17) is 5.41 Å². The van der Waals surface area contributed by atoms with E-state index in [1.54, 1.807) is 6.07 Å². The number of amides is 1. The van der Waals surface area contributed by atoms with Crippen molar-refractivity contribution in [3.05, 3.63) is 41.5 Å². The molecule has 2 heterocycles. The van der Waals surface area contributed by atoms with Crippen LogP contribution in [0.15, 0.2) is 36.0 Å². The number of carbonyl (C=O) groups excluding carboxylic acids is 1. The van der Waals surface area contributed by atoms with E-state index < -0.39 is 24.3 Å². The van der Waals surface area contributed by atoms with Crippen LogP contribution in [-0.2, 0) is 11.3 Å². The molecule has 45 heavy (non-hydrogen) atoms. The van der Waals surface area contributed by atoms with Gasteiger partial charge in [0.05, 0.1) is 6.04 Å². The summed E-state index contributed by atoms with van der Waals surface area (Å²) in [5.41, 5.74) is 1.38. The molecule has 0 bridgehead atoms. The molecule has 1 aromatic heterocycles. The number of allylic oxidation sites excluding steroid dienone is 1. The van der Waals surface area contributed by atoms with Crippen molar-refractivity contribution in [2.75, 3.05) is 6.54 Å². The predicted molar refractivity (Wildman–Crippen MR) is 167 cm³/mol. The van der Waals surface area contributed by atoms with Crippen molar-refractivity contribution in [3.8, 4) is 0 Å². The first-order valence-corrected chi connectivity index (χ1v) is 17.6. The molecule has 4 fully saturated rings. The van der Waals surface area contributed by atoms with Crippen LogP contribution in [0.2, 0.25) is 0 Å². The molecule has 4 aliphatic carbocycles. The zero-order valence-corrected chi connectivity index (χ0v) is 26.8. The van der Waals surface area contributed by atoms with Gasteiger partial charge < -0.3 is 15.2 Å². The maximum Gasteiger partial charge on any atom is 0.404 e. The van der Waals surface area contributed by atoms with Gasteiger partial charge in [0.1, 0.15) is 17.7 Å². The number of aromatic nitrogens is 1. The predicted octanol–water partition coefficient (Wildman–Crippen LogP) is 7.47. The highest BCUT2D eigenvalue weighted by atomic mass is 19.4. The number of piperidine rings is 1. The average molecular weight is 633 g/mol. The Hall–Kier alpha value is -2.16. The van der Waals surface area contributed by atoms with Crippen LogP contribution in [0.4, 0.5) is 17.6 Å². The van der Waals surface area contributed by atoms with Crippen LogP contribution in [-0.4, -0.2) is 41.5 Å². The van der Waals surface area contributed by atoms with Crippen LogP contribution < -0.4 is 16.1 Å². The molecule has 0 radical (unpaired) electrons. The van der Waals surface area contributed by atoms with Gasteiger partial charge in [0.15, 0.2) is 0 Å². The second-order valence-electron chi connectivity index (χ2n) is 15.5. The Kier molecular flexibility index (Phi) is 9.85. The minimum Gasteiger partial charge on any atom is -0.349 e. The SMILES string of the molecule is CC1CC([C@@H](NC(=O)C2CC(Cn3ccccc3=N)CC(C3CC4(CCCCCC4)CNC3C(F)(F)F)C2)C2CC2)=CCC1F. The Morgan fingerprint density at radius 2 is 1.89 bits per heavy atom. The smallest absolute Gasteiger partial charge is 0.349 e. The highest BCUT2D eigenvalue weighted by Gasteiger charge is 2.54. The number of nitrogens with zero attached hydrogens (tertiary/aromatic N) is 1. The summed E-state index contributed by atoms with van der Waals surface area (Å²) in [4.78, 5) is 14.1. The Balaban J connectivity index is 1.27. The van der Waals surface area contributed by atoms with Crippen molar-refractivity contribution < 1.29 is 22.4 Å². The van der Waals surface area contributed by atoms with Crippen LogP contribution in [0.3, 0.4) is 0 Å². The number of rotatable bonds is 7. The Morgan fingerprint density at radius 1 is 1.13 bits per heavy atom. The van der Waals surface area contributed by atoms with Gasteiger partial charge in [0.2, 0.25) is 5.91 Å². The van der Waals surface area contributed by atoms with Crippen LogP contribution in [0.25, 0.3) is 0 Å². The summed E-state index contributed by atoms with van der Waals surface area (Å²) >= 11 is 0. The molecule has 1 spiro atoms. The van der Waals surface area contributed by atoms with Crippen molar-refractivity contribution >= 4 is 5.91 Å². The van der Waals surface area contributed by atoms with Gasteiger partial charge in [0, 0.05) is 25.2 Å². The first-order valence-electron chi connectivity index (χ1n) is 17.6. The molecule has 3 N–H and O–H groups in total. The van der Waals surface area contributed by atoms with E-state index in [1.165, 1.54) is 0 Å². The lowest BCUT2D eigenvalue weighted by Gasteiger charge is -2.50. The molecule has 3 saturated carbocycles. The first-order chi connectivity index (χ1) is 21.5. The average Bonchev–Trinajstić information content (AvgIpc) is 3.87. The Bertz CT molecular complexity index is 1260. The van der Waals surface area contributed by atoms with Crippen molar-refractivity contribution in [3.63, 3.8) is 0 Å². The monoisotopic (exact) mass is 632 g/mol. The topological polar surface area (TPSA) is 69.9 Å². The number of halogens is 4. The minimum absolute atomic E-state index is 0.00233. The molecule has 8 atom stereocenters.